The minimum absolute atomic E-state index is 0.135. The molecule has 4 aliphatic rings. The maximum absolute atomic E-state index is 12.3. The van der Waals surface area contributed by atoms with E-state index in [9.17, 15) is 8.42 Å². The van der Waals surface area contributed by atoms with Crippen molar-refractivity contribution >= 4 is 10.0 Å². The average molecular weight is 289 g/mol. The Kier molecular flexibility index (Phi) is 1.89. The number of fused-ring (bicyclic) bond motifs is 1. The molecule has 2 aliphatic carbocycles. The third-order valence-electron chi connectivity index (χ3n) is 6.27. The van der Waals surface area contributed by atoms with Gasteiger partial charge in [-0.25, -0.2) is 13.3 Å². The van der Waals surface area contributed by atoms with Gasteiger partial charge < -0.3 is 9.47 Å². The van der Waals surface area contributed by atoms with Gasteiger partial charge >= 0.3 is 0 Å². The number of ether oxygens (including phenoxy) is 2. The zero-order valence-corrected chi connectivity index (χ0v) is 12.4. The Morgan fingerprint density at radius 2 is 1.89 bits per heavy atom. The lowest BCUT2D eigenvalue weighted by Crippen LogP contribution is -2.57. The summed E-state index contributed by atoms with van der Waals surface area (Å²) in [5.74, 6) is -0.716. The molecule has 0 amide bonds. The number of hydroxylamine groups is 1. The summed E-state index contributed by atoms with van der Waals surface area (Å²) >= 11 is 0. The molecule has 7 heteroatoms. The smallest absolute Gasteiger partial charge is 0.242 e. The molecule has 108 valence electrons. The van der Waals surface area contributed by atoms with Crippen LogP contribution in [0.1, 0.15) is 26.7 Å². The van der Waals surface area contributed by atoms with Crippen LogP contribution in [0.3, 0.4) is 0 Å². The van der Waals surface area contributed by atoms with E-state index in [1.165, 1.54) is 0 Å². The van der Waals surface area contributed by atoms with Crippen LogP contribution >= 0.6 is 0 Å². The Morgan fingerprint density at radius 3 is 2.42 bits per heavy atom. The molecule has 4 rings (SSSR count). The highest BCUT2D eigenvalue weighted by atomic mass is 32.2. The Hall–Kier alpha value is -0.210. The number of hydrogen-bond donors (Lipinski definition) is 0. The molecule has 6 nitrogen and oxygen atoms in total. The quantitative estimate of drug-likeness (QED) is 0.553. The minimum atomic E-state index is -3.37. The third-order valence-corrected chi connectivity index (χ3v) is 7.97. The highest BCUT2D eigenvalue weighted by molar-refractivity contribution is 7.89. The molecule has 2 heterocycles. The molecule has 0 aromatic heterocycles. The Bertz CT molecular complexity index is 569. The molecule has 2 bridgehead atoms. The molecule has 2 spiro atoms. The van der Waals surface area contributed by atoms with E-state index in [0.717, 1.165) is 17.3 Å². The lowest BCUT2D eigenvalue weighted by atomic mass is 9.68. The molecule has 0 N–H and O–H groups in total. The number of sulfonamides is 1. The normalized spacial score (nSPS) is 53.9. The SMILES string of the molecule is COC1(OC)[C@@H]2CC[C@@]3(CS(=O)(=O)N4O[C@]413)C2(C)C. The maximum Gasteiger partial charge on any atom is 0.242 e. The lowest BCUT2D eigenvalue weighted by molar-refractivity contribution is -0.277. The monoisotopic (exact) mass is 289 g/mol. The van der Waals surface area contributed by atoms with Crippen molar-refractivity contribution in [2.45, 2.75) is 38.2 Å². The first-order valence-electron chi connectivity index (χ1n) is 6.58. The van der Waals surface area contributed by atoms with E-state index in [1.807, 2.05) is 0 Å². The van der Waals surface area contributed by atoms with E-state index < -0.39 is 27.0 Å². The zero-order valence-electron chi connectivity index (χ0n) is 11.6. The van der Waals surface area contributed by atoms with Gasteiger partial charge in [0.1, 0.15) is 0 Å². The van der Waals surface area contributed by atoms with Gasteiger partial charge in [0, 0.05) is 25.6 Å². The van der Waals surface area contributed by atoms with Crippen LogP contribution in [-0.4, -0.2) is 44.4 Å². The van der Waals surface area contributed by atoms with Gasteiger partial charge in [0.25, 0.3) is 0 Å². The van der Waals surface area contributed by atoms with E-state index in [-0.39, 0.29) is 17.1 Å². The fraction of sp³-hybridized carbons (Fsp3) is 1.00. The Balaban J connectivity index is 2.03. The molecule has 0 aromatic rings. The van der Waals surface area contributed by atoms with Crippen LogP contribution in [0.25, 0.3) is 0 Å². The number of hydrogen-bond acceptors (Lipinski definition) is 5. The lowest BCUT2D eigenvalue weighted by Gasteiger charge is -2.40. The van der Waals surface area contributed by atoms with Crippen molar-refractivity contribution in [3.63, 3.8) is 0 Å². The van der Waals surface area contributed by atoms with Gasteiger partial charge in [0.05, 0.1) is 5.75 Å². The van der Waals surface area contributed by atoms with Gasteiger partial charge in [0.15, 0.2) is 0 Å². The van der Waals surface area contributed by atoms with Gasteiger partial charge in [-0.15, -0.1) is 0 Å². The number of methoxy groups -OCH3 is 2. The van der Waals surface area contributed by atoms with Crippen LogP contribution in [0, 0.1) is 16.7 Å². The van der Waals surface area contributed by atoms with Gasteiger partial charge in [-0.1, -0.05) is 13.8 Å². The van der Waals surface area contributed by atoms with Gasteiger partial charge in [-0.3, -0.25) is 0 Å². The van der Waals surface area contributed by atoms with Gasteiger partial charge in [-0.2, -0.15) is 0 Å². The first-order valence-corrected chi connectivity index (χ1v) is 8.19. The summed E-state index contributed by atoms with van der Waals surface area (Å²) in [5.41, 5.74) is -1.58. The van der Waals surface area contributed by atoms with Crippen molar-refractivity contribution in [3.8, 4) is 0 Å². The first-order chi connectivity index (χ1) is 8.76. The van der Waals surface area contributed by atoms with Crippen molar-refractivity contribution in [1.82, 2.24) is 4.47 Å². The third kappa shape index (κ3) is 0.861. The second-order valence-corrected chi connectivity index (χ2v) is 8.47. The molecular formula is C12H19NO5S. The summed E-state index contributed by atoms with van der Waals surface area (Å²) in [4.78, 5) is 5.63. The van der Waals surface area contributed by atoms with Crippen molar-refractivity contribution in [2.75, 3.05) is 20.0 Å². The summed E-state index contributed by atoms with van der Waals surface area (Å²) < 4.78 is 37.2. The summed E-state index contributed by atoms with van der Waals surface area (Å²) in [5, 5.41) is 0. The fourth-order valence-corrected chi connectivity index (χ4v) is 7.79. The van der Waals surface area contributed by atoms with E-state index in [0.29, 0.717) is 0 Å². The average Bonchev–Trinajstić information content (AvgIpc) is 2.96. The van der Waals surface area contributed by atoms with Crippen LogP contribution in [0.5, 0.6) is 0 Å². The molecule has 19 heavy (non-hydrogen) atoms. The summed E-state index contributed by atoms with van der Waals surface area (Å²) in [7, 11) is -0.221. The summed E-state index contributed by atoms with van der Waals surface area (Å²) in [6, 6.07) is 0. The molecule has 2 saturated carbocycles. The molecule has 1 unspecified atom stereocenters. The van der Waals surface area contributed by atoms with Crippen molar-refractivity contribution in [1.29, 1.82) is 0 Å². The largest absolute Gasteiger partial charge is 0.349 e. The van der Waals surface area contributed by atoms with Crippen molar-refractivity contribution in [3.05, 3.63) is 0 Å². The maximum atomic E-state index is 12.3. The van der Waals surface area contributed by atoms with E-state index in [1.54, 1.807) is 14.2 Å². The topological polar surface area (TPSA) is 68.1 Å². The predicted molar refractivity (Wildman–Crippen MR) is 65.1 cm³/mol. The highest BCUT2D eigenvalue weighted by Gasteiger charge is 2.98. The Labute approximate surface area is 113 Å². The highest BCUT2D eigenvalue weighted by Crippen LogP contribution is 2.83. The first kappa shape index (κ1) is 12.5. The Morgan fingerprint density at radius 1 is 1.26 bits per heavy atom. The standard InChI is InChI=1S/C12H19NO5S/c1-9(2)8-5-6-10(9)7-19(14,15)13-12(10,18-13)11(8,16-3)17-4/h8H,5-7H2,1-4H3/t8-,10-,12+,13?/m1/s1. The zero-order chi connectivity index (χ0) is 13.9. The minimum Gasteiger partial charge on any atom is -0.349 e. The van der Waals surface area contributed by atoms with Crippen molar-refractivity contribution in [2.24, 2.45) is 16.7 Å². The number of rotatable bonds is 2. The van der Waals surface area contributed by atoms with Gasteiger partial charge in [0.2, 0.25) is 21.5 Å². The van der Waals surface area contributed by atoms with E-state index in [4.69, 9.17) is 14.3 Å². The fourth-order valence-electron chi connectivity index (χ4n) is 5.42. The van der Waals surface area contributed by atoms with Crippen LogP contribution < -0.4 is 0 Å². The van der Waals surface area contributed by atoms with E-state index in [2.05, 4.69) is 13.8 Å². The second-order valence-electron chi connectivity index (χ2n) is 6.69. The van der Waals surface area contributed by atoms with Crippen LogP contribution in [-0.2, 0) is 24.3 Å². The van der Waals surface area contributed by atoms with Gasteiger partial charge in [-0.05, 0) is 22.7 Å². The molecular weight excluding hydrogens is 270 g/mol. The van der Waals surface area contributed by atoms with Crippen molar-refractivity contribution < 1.29 is 22.7 Å². The summed E-state index contributed by atoms with van der Waals surface area (Å²) in [6.07, 6.45) is 1.75. The van der Waals surface area contributed by atoms with E-state index >= 15 is 0 Å². The van der Waals surface area contributed by atoms with Crippen LogP contribution in [0.2, 0.25) is 0 Å². The van der Waals surface area contributed by atoms with Crippen LogP contribution in [0.4, 0.5) is 0 Å². The summed E-state index contributed by atoms with van der Waals surface area (Å²) in [6.45, 7) is 4.24. The molecule has 0 aromatic carbocycles. The molecule has 4 fully saturated rings. The van der Waals surface area contributed by atoms with Crippen LogP contribution in [0.15, 0.2) is 0 Å². The molecule has 4 atom stereocenters. The molecule has 0 radical (unpaired) electrons. The second kappa shape index (κ2) is 2.87. The number of nitrogens with zero attached hydrogens (tertiary/aromatic N) is 1. The molecule has 2 saturated heterocycles. The molecule has 2 aliphatic heterocycles. The predicted octanol–water partition coefficient (Wildman–Crippen LogP) is 0.699.